The van der Waals surface area contributed by atoms with Crippen LogP contribution in [0.1, 0.15) is 12.8 Å². The summed E-state index contributed by atoms with van der Waals surface area (Å²) in [6.07, 6.45) is 1.74. The molecule has 5 nitrogen and oxygen atoms in total. The number of ether oxygens (including phenoxy) is 1. The van der Waals surface area contributed by atoms with E-state index < -0.39 is 0 Å². The highest BCUT2D eigenvalue weighted by atomic mass is 16.5. The first-order valence-electron chi connectivity index (χ1n) is 7.62. The molecule has 1 N–H and O–H groups in total. The van der Waals surface area contributed by atoms with Crippen molar-refractivity contribution < 1.29 is 9.53 Å². The molecule has 0 atom stereocenters. The Labute approximate surface area is 135 Å². The minimum Gasteiger partial charge on any atom is -0.495 e. The fraction of sp³-hybridized carbons (Fsp3) is 0.222. The van der Waals surface area contributed by atoms with Gasteiger partial charge in [-0.05, 0) is 30.7 Å². The summed E-state index contributed by atoms with van der Waals surface area (Å²) < 4.78 is 5.41. The van der Waals surface area contributed by atoms with Crippen molar-refractivity contribution in [3.8, 4) is 5.75 Å². The van der Waals surface area contributed by atoms with Crippen molar-refractivity contribution in [2.75, 3.05) is 23.9 Å². The first-order chi connectivity index (χ1) is 11.3. The van der Waals surface area contributed by atoms with Crippen molar-refractivity contribution in [1.29, 1.82) is 0 Å². The summed E-state index contributed by atoms with van der Waals surface area (Å²) in [4.78, 5) is 18.9. The normalized spacial score (nSPS) is 13.3. The SMILES string of the molecule is COc1ccccc1N(C(=O)Nc1ccccc1)C1=NCCC1. The maximum Gasteiger partial charge on any atom is 0.332 e. The van der Waals surface area contributed by atoms with Gasteiger partial charge in [0.1, 0.15) is 11.6 Å². The Hall–Kier alpha value is -2.82. The van der Waals surface area contributed by atoms with Gasteiger partial charge in [0.25, 0.3) is 0 Å². The van der Waals surface area contributed by atoms with Gasteiger partial charge in [-0.25, -0.2) is 9.69 Å². The zero-order valence-electron chi connectivity index (χ0n) is 13.0. The van der Waals surface area contributed by atoms with Gasteiger partial charge >= 0.3 is 6.03 Å². The molecule has 0 aromatic heterocycles. The number of amidine groups is 1. The number of methoxy groups -OCH3 is 1. The lowest BCUT2D eigenvalue weighted by atomic mass is 10.2. The Balaban J connectivity index is 1.94. The summed E-state index contributed by atoms with van der Waals surface area (Å²) in [5.41, 5.74) is 1.44. The van der Waals surface area contributed by atoms with Gasteiger partial charge in [0.15, 0.2) is 0 Å². The minimum absolute atomic E-state index is 0.235. The van der Waals surface area contributed by atoms with Crippen molar-refractivity contribution >= 4 is 23.2 Å². The smallest absolute Gasteiger partial charge is 0.332 e. The molecule has 2 aromatic rings. The largest absolute Gasteiger partial charge is 0.495 e. The Kier molecular flexibility index (Phi) is 4.57. The molecule has 118 valence electrons. The summed E-state index contributed by atoms with van der Waals surface area (Å²) in [5, 5.41) is 2.92. The number of urea groups is 1. The van der Waals surface area contributed by atoms with Crippen molar-refractivity contribution in [3.05, 3.63) is 54.6 Å². The van der Waals surface area contributed by atoms with Crippen LogP contribution in [0.5, 0.6) is 5.75 Å². The predicted octanol–water partition coefficient (Wildman–Crippen LogP) is 3.93. The second kappa shape index (κ2) is 6.96. The number of rotatable bonds is 3. The summed E-state index contributed by atoms with van der Waals surface area (Å²) in [5.74, 6) is 1.41. The van der Waals surface area contributed by atoms with Gasteiger partial charge in [0.05, 0.1) is 12.8 Å². The predicted molar refractivity (Wildman–Crippen MR) is 92.5 cm³/mol. The average Bonchev–Trinajstić information content (AvgIpc) is 3.10. The molecule has 0 bridgehead atoms. The second-order valence-electron chi connectivity index (χ2n) is 5.20. The number of anilines is 2. The number of hydrogen-bond acceptors (Lipinski definition) is 3. The van der Waals surface area contributed by atoms with Crippen LogP contribution in [0, 0.1) is 0 Å². The molecular formula is C18H19N3O2. The number of nitrogens with zero attached hydrogens (tertiary/aromatic N) is 2. The Morgan fingerprint density at radius 2 is 1.87 bits per heavy atom. The molecule has 23 heavy (non-hydrogen) atoms. The zero-order valence-corrected chi connectivity index (χ0v) is 13.0. The maximum atomic E-state index is 12.8. The van der Waals surface area contributed by atoms with Crippen molar-refractivity contribution in [1.82, 2.24) is 0 Å². The number of aliphatic imine (C=N–C) groups is 1. The van der Waals surface area contributed by atoms with Crippen molar-refractivity contribution in [2.24, 2.45) is 4.99 Å². The van der Waals surface area contributed by atoms with Gasteiger partial charge in [0, 0.05) is 18.7 Å². The van der Waals surface area contributed by atoms with Crippen LogP contribution in [0.4, 0.5) is 16.2 Å². The van der Waals surface area contributed by atoms with E-state index in [9.17, 15) is 4.79 Å². The third-order valence-corrected chi connectivity index (χ3v) is 3.67. The molecule has 0 saturated carbocycles. The average molecular weight is 309 g/mol. The van der Waals surface area contributed by atoms with E-state index in [4.69, 9.17) is 4.74 Å². The number of para-hydroxylation sites is 3. The molecule has 0 radical (unpaired) electrons. The van der Waals surface area contributed by atoms with E-state index in [-0.39, 0.29) is 6.03 Å². The van der Waals surface area contributed by atoms with E-state index in [1.807, 2.05) is 54.6 Å². The van der Waals surface area contributed by atoms with E-state index in [0.29, 0.717) is 11.4 Å². The standard InChI is InChI=1S/C18H19N3O2/c1-23-16-11-6-5-10-15(16)21(17-12-7-13-19-17)18(22)20-14-8-3-2-4-9-14/h2-6,8-11H,7,12-13H2,1H3,(H,20,22). The lowest BCUT2D eigenvalue weighted by Gasteiger charge is -2.24. The first-order valence-corrected chi connectivity index (χ1v) is 7.62. The Morgan fingerprint density at radius 3 is 2.57 bits per heavy atom. The van der Waals surface area contributed by atoms with E-state index in [1.54, 1.807) is 12.0 Å². The van der Waals surface area contributed by atoms with Crippen LogP contribution in [-0.2, 0) is 0 Å². The molecule has 0 unspecified atom stereocenters. The number of carbonyl (C=O) groups is 1. The summed E-state index contributed by atoms with van der Waals surface area (Å²) in [6, 6.07) is 16.6. The fourth-order valence-corrected chi connectivity index (χ4v) is 2.59. The number of hydrogen-bond donors (Lipinski definition) is 1. The number of benzene rings is 2. The van der Waals surface area contributed by atoms with Crippen LogP contribution >= 0.6 is 0 Å². The fourth-order valence-electron chi connectivity index (χ4n) is 2.59. The van der Waals surface area contributed by atoms with Crippen LogP contribution in [0.15, 0.2) is 59.6 Å². The molecule has 2 amide bonds. The lowest BCUT2D eigenvalue weighted by Crippen LogP contribution is -2.39. The summed E-state index contributed by atoms with van der Waals surface area (Å²) in [7, 11) is 1.60. The van der Waals surface area contributed by atoms with Crippen LogP contribution in [0.2, 0.25) is 0 Å². The van der Waals surface area contributed by atoms with Gasteiger partial charge < -0.3 is 10.1 Å². The molecule has 0 aliphatic carbocycles. The number of amides is 2. The molecule has 1 aliphatic rings. The van der Waals surface area contributed by atoms with Crippen LogP contribution < -0.4 is 15.0 Å². The number of nitrogens with one attached hydrogen (secondary N) is 1. The van der Waals surface area contributed by atoms with Crippen LogP contribution in [0.25, 0.3) is 0 Å². The molecule has 1 aliphatic heterocycles. The van der Waals surface area contributed by atoms with Crippen molar-refractivity contribution in [3.63, 3.8) is 0 Å². The van der Waals surface area contributed by atoms with E-state index in [1.165, 1.54) is 0 Å². The molecule has 1 heterocycles. The summed E-state index contributed by atoms with van der Waals surface area (Å²) >= 11 is 0. The minimum atomic E-state index is -0.235. The molecule has 5 heteroatoms. The topological polar surface area (TPSA) is 53.9 Å². The van der Waals surface area contributed by atoms with Gasteiger partial charge in [-0.15, -0.1) is 0 Å². The van der Waals surface area contributed by atoms with Gasteiger partial charge in [0.2, 0.25) is 0 Å². The van der Waals surface area contributed by atoms with E-state index >= 15 is 0 Å². The highest BCUT2D eigenvalue weighted by molar-refractivity contribution is 6.21. The zero-order chi connectivity index (χ0) is 16.1. The van der Waals surface area contributed by atoms with E-state index in [2.05, 4.69) is 10.3 Å². The van der Waals surface area contributed by atoms with Crippen LogP contribution in [-0.4, -0.2) is 25.5 Å². The third kappa shape index (κ3) is 3.34. The van der Waals surface area contributed by atoms with Crippen LogP contribution in [0.3, 0.4) is 0 Å². The summed E-state index contributed by atoms with van der Waals surface area (Å²) in [6.45, 7) is 0.750. The molecule has 0 saturated heterocycles. The highest BCUT2D eigenvalue weighted by Gasteiger charge is 2.26. The molecular weight excluding hydrogens is 290 g/mol. The monoisotopic (exact) mass is 309 g/mol. The van der Waals surface area contributed by atoms with Gasteiger partial charge in [-0.1, -0.05) is 30.3 Å². The van der Waals surface area contributed by atoms with Crippen molar-refractivity contribution in [2.45, 2.75) is 12.8 Å². The van der Waals surface area contributed by atoms with E-state index in [0.717, 1.165) is 30.9 Å². The quantitative estimate of drug-likeness (QED) is 0.934. The molecule has 0 fully saturated rings. The second-order valence-corrected chi connectivity index (χ2v) is 5.20. The highest BCUT2D eigenvalue weighted by Crippen LogP contribution is 2.30. The Morgan fingerprint density at radius 1 is 1.13 bits per heavy atom. The maximum absolute atomic E-state index is 12.8. The van der Waals surface area contributed by atoms with Gasteiger partial charge in [-0.2, -0.15) is 0 Å². The first kappa shape index (κ1) is 15.1. The third-order valence-electron chi connectivity index (χ3n) is 3.67. The molecule has 0 spiro atoms. The Bertz CT molecular complexity index is 713. The molecule has 2 aromatic carbocycles. The number of carbonyl (C=O) groups excluding carboxylic acids is 1. The molecule has 3 rings (SSSR count). The van der Waals surface area contributed by atoms with Gasteiger partial charge in [-0.3, -0.25) is 4.99 Å². The lowest BCUT2D eigenvalue weighted by molar-refractivity contribution is 0.259.